The van der Waals surface area contributed by atoms with Gasteiger partial charge in [0.1, 0.15) is 5.75 Å². The fourth-order valence-corrected chi connectivity index (χ4v) is 1.03. The highest BCUT2D eigenvalue weighted by Crippen LogP contribution is 2.12. The summed E-state index contributed by atoms with van der Waals surface area (Å²) in [6.45, 7) is 4.49. The van der Waals surface area contributed by atoms with Gasteiger partial charge in [0.25, 0.3) is 0 Å². The van der Waals surface area contributed by atoms with E-state index in [0.29, 0.717) is 6.61 Å². The molecule has 0 saturated heterocycles. The maximum atomic E-state index is 5.53. The molecule has 0 spiro atoms. The zero-order valence-electron chi connectivity index (χ0n) is 8.58. The molecule has 0 aliphatic carbocycles. The van der Waals surface area contributed by atoms with Gasteiger partial charge in [-0.25, -0.2) is 0 Å². The zero-order chi connectivity index (χ0) is 10.4. The van der Waals surface area contributed by atoms with E-state index in [1.807, 2.05) is 38.1 Å². The van der Waals surface area contributed by atoms with Gasteiger partial charge >= 0.3 is 0 Å². The molecule has 0 bridgehead atoms. The third kappa shape index (κ3) is 3.51. The van der Waals surface area contributed by atoms with E-state index in [1.165, 1.54) is 0 Å². The summed E-state index contributed by atoms with van der Waals surface area (Å²) in [6.07, 6.45) is 0. The average Bonchev–Trinajstić information content (AvgIpc) is 2.16. The molecule has 0 aliphatic rings. The summed E-state index contributed by atoms with van der Waals surface area (Å²) < 4.78 is 5.35. The van der Waals surface area contributed by atoms with Crippen molar-refractivity contribution in [3.8, 4) is 17.6 Å². The van der Waals surface area contributed by atoms with Gasteiger partial charge in [-0.2, -0.15) is 0 Å². The van der Waals surface area contributed by atoms with Gasteiger partial charge < -0.3 is 10.5 Å². The fraction of sp³-hybridized carbons (Fsp3) is 0.333. The molecular formula is C12H15NO. The van der Waals surface area contributed by atoms with Gasteiger partial charge in [-0.3, -0.25) is 0 Å². The molecule has 1 aromatic carbocycles. The standard InChI is InChI=1S/C12H15NO/c1-3-14-12-6-4-5-11(9-12)8-7-10(2)13/h4-6,9-10H,3,13H2,1-2H3. The molecule has 1 unspecified atom stereocenters. The number of rotatable bonds is 2. The van der Waals surface area contributed by atoms with Gasteiger partial charge in [0, 0.05) is 5.56 Å². The number of hydrogen-bond acceptors (Lipinski definition) is 2. The number of benzene rings is 1. The van der Waals surface area contributed by atoms with Crippen LogP contribution in [0.3, 0.4) is 0 Å². The summed E-state index contributed by atoms with van der Waals surface area (Å²) in [5.74, 6) is 6.74. The topological polar surface area (TPSA) is 35.2 Å². The van der Waals surface area contributed by atoms with Gasteiger partial charge in [0.2, 0.25) is 0 Å². The SMILES string of the molecule is CCOc1cccc(C#CC(C)N)c1. The van der Waals surface area contributed by atoms with Crippen molar-refractivity contribution in [3.63, 3.8) is 0 Å². The summed E-state index contributed by atoms with van der Waals surface area (Å²) in [4.78, 5) is 0. The molecule has 14 heavy (non-hydrogen) atoms. The molecule has 1 atom stereocenters. The molecule has 1 aromatic rings. The second kappa shape index (κ2) is 5.31. The lowest BCUT2D eigenvalue weighted by molar-refractivity contribution is 0.340. The van der Waals surface area contributed by atoms with Crippen LogP contribution in [-0.2, 0) is 0 Å². The third-order valence-electron chi connectivity index (χ3n) is 1.59. The molecule has 2 heteroatoms. The van der Waals surface area contributed by atoms with Crippen molar-refractivity contribution >= 4 is 0 Å². The van der Waals surface area contributed by atoms with Crippen LogP contribution in [0.2, 0.25) is 0 Å². The van der Waals surface area contributed by atoms with Crippen LogP contribution < -0.4 is 10.5 Å². The highest BCUT2D eigenvalue weighted by atomic mass is 16.5. The van der Waals surface area contributed by atoms with Crippen LogP contribution in [0.4, 0.5) is 0 Å². The maximum Gasteiger partial charge on any atom is 0.120 e. The van der Waals surface area contributed by atoms with Crippen molar-refractivity contribution in [1.29, 1.82) is 0 Å². The Morgan fingerprint density at radius 2 is 2.29 bits per heavy atom. The minimum atomic E-state index is -0.0919. The minimum Gasteiger partial charge on any atom is -0.494 e. The quantitative estimate of drug-likeness (QED) is 0.720. The van der Waals surface area contributed by atoms with Crippen LogP contribution in [0.15, 0.2) is 24.3 Å². The Labute approximate surface area is 85.1 Å². The Morgan fingerprint density at radius 3 is 2.93 bits per heavy atom. The van der Waals surface area contributed by atoms with Gasteiger partial charge in [-0.1, -0.05) is 17.9 Å². The average molecular weight is 189 g/mol. The maximum absolute atomic E-state index is 5.53. The van der Waals surface area contributed by atoms with Gasteiger partial charge in [0.05, 0.1) is 12.6 Å². The van der Waals surface area contributed by atoms with Gasteiger partial charge in [0.15, 0.2) is 0 Å². The first-order valence-corrected chi connectivity index (χ1v) is 4.72. The smallest absolute Gasteiger partial charge is 0.120 e. The first-order chi connectivity index (χ1) is 6.72. The highest BCUT2D eigenvalue weighted by Gasteiger charge is 1.92. The van der Waals surface area contributed by atoms with Crippen LogP contribution in [0.1, 0.15) is 19.4 Å². The molecule has 0 radical (unpaired) electrons. The molecular weight excluding hydrogens is 174 g/mol. The Morgan fingerprint density at radius 1 is 1.50 bits per heavy atom. The predicted octanol–water partition coefficient (Wildman–Crippen LogP) is 1.78. The van der Waals surface area contributed by atoms with Gasteiger partial charge in [-0.05, 0) is 32.0 Å². The number of hydrogen-bond donors (Lipinski definition) is 1. The summed E-state index contributed by atoms with van der Waals surface area (Å²) in [5.41, 5.74) is 6.47. The van der Waals surface area contributed by atoms with Gasteiger partial charge in [-0.15, -0.1) is 0 Å². The van der Waals surface area contributed by atoms with E-state index in [4.69, 9.17) is 10.5 Å². The minimum absolute atomic E-state index is 0.0919. The molecule has 2 N–H and O–H groups in total. The monoisotopic (exact) mass is 189 g/mol. The van der Waals surface area contributed by atoms with Crippen molar-refractivity contribution in [2.45, 2.75) is 19.9 Å². The number of nitrogens with two attached hydrogens (primary N) is 1. The number of ether oxygens (including phenoxy) is 1. The van der Waals surface area contributed by atoms with Crippen LogP contribution in [0.5, 0.6) is 5.75 Å². The van der Waals surface area contributed by atoms with E-state index >= 15 is 0 Å². The molecule has 0 saturated carbocycles. The Hall–Kier alpha value is -1.46. The van der Waals surface area contributed by atoms with E-state index < -0.39 is 0 Å². The van der Waals surface area contributed by atoms with E-state index in [-0.39, 0.29) is 6.04 Å². The van der Waals surface area contributed by atoms with Crippen molar-refractivity contribution in [2.24, 2.45) is 5.73 Å². The first kappa shape index (κ1) is 10.6. The predicted molar refractivity (Wildman–Crippen MR) is 58.1 cm³/mol. The Kier molecular flexibility index (Phi) is 4.03. The van der Waals surface area contributed by atoms with E-state index in [2.05, 4.69) is 11.8 Å². The summed E-state index contributed by atoms with van der Waals surface area (Å²) in [6, 6.07) is 7.61. The van der Waals surface area contributed by atoms with Crippen LogP contribution >= 0.6 is 0 Å². The Bertz CT molecular complexity index is 347. The van der Waals surface area contributed by atoms with E-state index in [1.54, 1.807) is 0 Å². The van der Waals surface area contributed by atoms with Crippen LogP contribution in [-0.4, -0.2) is 12.6 Å². The molecule has 0 heterocycles. The lowest BCUT2D eigenvalue weighted by atomic mass is 10.2. The van der Waals surface area contributed by atoms with E-state index in [9.17, 15) is 0 Å². The second-order valence-corrected chi connectivity index (χ2v) is 3.02. The van der Waals surface area contributed by atoms with E-state index in [0.717, 1.165) is 11.3 Å². The highest BCUT2D eigenvalue weighted by molar-refractivity contribution is 5.40. The third-order valence-corrected chi connectivity index (χ3v) is 1.59. The normalized spacial score (nSPS) is 11.4. The van der Waals surface area contributed by atoms with Crippen molar-refractivity contribution in [2.75, 3.05) is 6.61 Å². The molecule has 0 fully saturated rings. The van der Waals surface area contributed by atoms with Crippen LogP contribution in [0, 0.1) is 11.8 Å². The lowest BCUT2D eigenvalue weighted by Crippen LogP contribution is -2.10. The summed E-state index contributed by atoms with van der Waals surface area (Å²) >= 11 is 0. The molecule has 0 aromatic heterocycles. The first-order valence-electron chi connectivity index (χ1n) is 4.72. The molecule has 0 amide bonds. The largest absolute Gasteiger partial charge is 0.494 e. The summed E-state index contributed by atoms with van der Waals surface area (Å²) in [5, 5.41) is 0. The molecule has 0 aliphatic heterocycles. The van der Waals surface area contributed by atoms with Crippen LogP contribution in [0.25, 0.3) is 0 Å². The Balaban J connectivity index is 2.79. The molecule has 1 rings (SSSR count). The van der Waals surface area contributed by atoms with Crippen molar-refractivity contribution < 1.29 is 4.74 Å². The van der Waals surface area contributed by atoms with Crippen molar-refractivity contribution in [1.82, 2.24) is 0 Å². The van der Waals surface area contributed by atoms with Crippen molar-refractivity contribution in [3.05, 3.63) is 29.8 Å². The molecule has 2 nitrogen and oxygen atoms in total. The lowest BCUT2D eigenvalue weighted by Gasteiger charge is -2.01. The molecule has 74 valence electrons. The fourth-order valence-electron chi connectivity index (χ4n) is 1.03. The summed E-state index contributed by atoms with van der Waals surface area (Å²) in [7, 11) is 0. The zero-order valence-corrected chi connectivity index (χ0v) is 8.58. The second-order valence-electron chi connectivity index (χ2n) is 3.02.